The van der Waals surface area contributed by atoms with Crippen LogP contribution in [0, 0.1) is 5.82 Å². The number of methoxy groups -OCH3 is 1. The molecule has 0 saturated carbocycles. The molecule has 1 fully saturated rings. The second kappa shape index (κ2) is 5.98. The fraction of sp³-hybridized carbons (Fsp3) is 0.538. The third-order valence-corrected chi connectivity index (χ3v) is 3.12. The summed E-state index contributed by atoms with van der Waals surface area (Å²) in [5.41, 5.74) is 1.00. The minimum atomic E-state index is -0.285. The number of halogens is 1. The van der Waals surface area contributed by atoms with Crippen LogP contribution in [-0.2, 0) is 6.42 Å². The van der Waals surface area contributed by atoms with Crippen LogP contribution in [0.2, 0.25) is 0 Å². The zero-order chi connectivity index (χ0) is 12.1. The molecule has 4 heteroatoms. The van der Waals surface area contributed by atoms with Gasteiger partial charge in [0.05, 0.1) is 7.11 Å². The highest BCUT2D eigenvalue weighted by Gasteiger charge is 2.12. The molecule has 1 aromatic rings. The van der Waals surface area contributed by atoms with Crippen LogP contribution in [0.3, 0.4) is 0 Å². The second-order valence-electron chi connectivity index (χ2n) is 4.36. The van der Waals surface area contributed by atoms with Gasteiger partial charge in [-0.25, -0.2) is 4.39 Å². The van der Waals surface area contributed by atoms with Gasteiger partial charge in [-0.15, -0.1) is 0 Å². The predicted octanol–water partition coefficient (Wildman–Crippen LogP) is 1.33. The van der Waals surface area contributed by atoms with Gasteiger partial charge in [-0.2, -0.15) is 0 Å². The van der Waals surface area contributed by atoms with Gasteiger partial charge in [-0.1, -0.05) is 6.07 Å². The SMILES string of the molecule is COc1ccc(CCNC2CCNC2)cc1F. The van der Waals surface area contributed by atoms with Gasteiger partial charge in [0.25, 0.3) is 0 Å². The van der Waals surface area contributed by atoms with Crippen molar-refractivity contribution in [3.63, 3.8) is 0 Å². The first-order valence-electron chi connectivity index (χ1n) is 6.06. The van der Waals surface area contributed by atoms with Crippen LogP contribution in [0.4, 0.5) is 4.39 Å². The summed E-state index contributed by atoms with van der Waals surface area (Å²) in [7, 11) is 1.48. The molecule has 94 valence electrons. The third-order valence-electron chi connectivity index (χ3n) is 3.12. The van der Waals surface area contributed by atoms with Crippen molar-refractivity contribution in [2.75, 3.05) is 26.7 Å². The Balaban J connectivity index is 1.80. The van der Waals surface area contributed by atoms with Gasteiger partial charge in [-0.05, 0) is 43.6 Å². The van der Waals surface area contributed by atoms with E-state index < -0.39 is 0 Å². The molecule has 1 aromatic carbocycles. The lowest BCUT2D eigenvalue weighted by atomic mass is 10.1. The van der Waals surface area contributed by atoms with Gasteiger partial charge < -0.3 is 15.4 Å². The summed E-state index contributed by atoms with van der Waals surface area (Å²) in [6, 6.07) is 5.71. The average Bonchev–Trinajstić information content (AvgIpc) is 2.82. The van der Waals surface area contributed by atoms with E-state index in [0.717, 1.165) is 31.6 Å². The molecule has 0 aliphatic carbocycles. The zero-order valence-electron chi connectivity index (χ0n) is 10.1. The van der Waals surface area contributed by atoms with Crippen LogP contribution in [0.1, 0.15) is 12.0 Å². The van der Waals surface area contributed by atoms with Crippen molar-refractivity contribution in [1.82, 2.24) is 10.6 Å². The van der Waals surface area contributed by atoms with E-state index in [0.29, 0.717) is 11.8 Å². The van der Waals surface area contributed by atoms with Crippen LogP contribution in [-0.4, -0.2) is 32.8 Å². The van der Waals surface area contributed by atoms with E-state index in [-0.39, 0.29) is 5.82 Å². The van der Waals surface area contributed by atoms with E-state index in [1.54, 1.807) is 12.1 Å². The first-order chi connectivity index (χ1) is 8.29. The Morgan fingerprint density at radius 1 is 1.53 bits per heavy atom. The molecule has 0 spiro atoms. The molecule has 0 radical (unpaired) electrons. The molecule has 1 aliphatic heterocycles. The van der Waals surface area contributed by atoms with Crippen molar-refractivity contribution in [3.8, 4) is 5.75 Å². The molecule has 1 aliphatic rings. The number of nitrogens with one attached hydrogen (secondary N) is 2. The summed E-state index contributed by atoms with van der Waals surface area (Å²) in [6.07, 6.45) is 2.02. The van der Waals surface area contributed by atoms with Crippen LogP contribution in [0.5, 0.6) is 5.75 Å². The summed E-state index contributed by atoms with van der Waals surface area (Å²) in [5, 5.41) is 6.77. The van der Waals surface area contributed by atoms with Gasteiger partial charge >= 0.3 is 0 Å². The van der Waals surface area contributed by atoms with E-state index in [9.17, 15) is 4.39 Å². The maximum absolute atomic E-state index is 13.4. The van der Waals surface area contributed by atoms with E-state index in [1.807, 2.05) is 6.07 Å². The molecule has 1 heterocycles. The maximum Gasteiger partial charge on any atom is 0.165 e. The first kappa shape index (κ1) is 12.3. The largest absolute Gasteiger partial charge is 0.494 e. The highest BCUT2D eigenvalue weighted by Crippen LogP contribution is 2.17. The van der Waals surface area contributed by atoms with Crippen LogP contribution >= 0.6 is 0 Å². The molecule has 0 aromatic heterocycles. The fourth-order valence-electron chi connectivity index (χ4n) is 2.11. The van der Waals surface area contributed by atoms with Crippen molar-refractivity contribution in [1.29, 1.82) is 0 Å². The number of hydrogen-bond acceptors (Lipinski definition) is 3. The van der Waals surface area contributed by atoms with Crippen molar-refractivity contribution < 1.29 is 9.13 Å². The lowest BCUT2D eigenvalue weighted by Gasteiger charge is -2.11. The molecule has 2 rings (SSSR count). The van der Waals surface area contributed by atoms with Crippen LogP contribution in [0.15, 0.2) is 18.2 Å². The topological polar surface area (TPSA) is 33.3 Å². The van der Waals surface area contributed by atoms with Crippen molar-refractivity contribution >= 4 is 0 Å². The van der Waals surface area contributed by atoms with Crippen molar-refractivity contribution in [2.24, 2.45) is 0 Å². The Bertz CT molecular complexity index is 364. The first-order valence-corrected chi connectivity index (χ1v) is 6.06. The van der Waals surface area contributed by atoms with E-state index >= 15 is 0 Å². The maximum atomic E-state index is 13.4. The molecule has 17 heavy (non-hydrogen) atoms. The lowest BCUT2D eigenvalue weighted by Crippen LogP contribution is -2.32. The molecular weight excluding hydrogens is 219 g/mol. The monoisotopic (exact) mass is 238 g/mol. The zero-order valence-corrected chi connectivity index (χ0v) is 10.1. The van der Waals surface area contributed by atoms with Gasteiger partial charge in [-0.3, -0.25) is 0 Å². The second-order valence-corrected chi connectivity index (χ2v) is 4.36. The summed E-state index contributed by atoms with van der Waals surface area (Å²) >= 11 is 0. The quantitative estimate of drug-likeness (QED) is 0.812. The smallest absolute Gasteiger partial charge is 0.165 e. The number of rotatable bonds is 5. The van der Waals surface area contributed by atoms with Crippen LogP contribution in [0.25, 0.3) is 0 Å². The molecule has 3 nitrogen and oxygen atoms in total. The standard InChI is InChI=1S/C13H19FN2O/c1-17-13-3-2-10(8-12(13)14)4-7-16-11-5-6-15-9-11/h2-3,8,11,15-16H,4-7,9H2,1H3. The van der Waals surface area contributed by atoms with Crippen LogP contribution < -0.4 is 15.4 Å². The van der Waals surface area contributed by atoms with Crippen molar-refractivity contribution in [3.05, 3.63) is 29.6 Å². The lowest BCUT2D eigenvalue weighted by molar-refractivity contribution is 0.386. The summed E-state index contributed by atoms with van der Waals surface area (Å²) in [6.45, 7) is 3.02. The minimum absolute atomic E-state index is 0.285. The molecule has 1 atom stereocenters. The number of benzene rings is 1. The van der Waals surface area contributed by atoms with E-state index in [2.05, 4.69) is 10.6 Å². The summed E-state index contributed by atoms with van der Waals surface area (Å²) in [5.74, 6) is 0.0224. The summed E-state index contributed by atoms with van der Waals surface area (Å²) < 4.78 is 18.3. The van der Waals surface area contributed by atoms with Gasteiger partial charge in [0.15, 0.2) is 11.6 Å². The Labute approximate surface area is 101 Å². The molecular formula is C13H19FN2O. The Morgan fingerprint density at radius 2 is 2.41 bits per heavy atom. The molecule has 0 bridgehead atoms. The minimum Gasteiger partial charge on any atom is -0.494 e. The van der Waals surface area contributed by atoms with E-state index in [1.165, 1.54) is 13.5 Å². The number of hydrogen-bond donors (Lipinski definition) is 2. The van der Waals surface area contributed by atoms with Gasteiger partial charge in [0, 0.05) is 12.6 Å². The van der Waals surface area contributed by atoms with E-state index in [4.69, 9.17) is 4.74 Å². The Morgan fingerprint density at radius 3 is 3.06 bits per heavy atom. The van der Waals surface area contributed by atoms with Gasteiger partial charge in [0.1, 0.15) is 0 Å². The molecule has 1 saturated heterocycles. The third kappa shape index (κ3) is 3.41. The highest BCUT2D eigenvalue weighted by atomic mass is 19.1. The molecule has 1 unspecified atom stereocenters. The summed E-state index contributed by atoms with van der Waals surface area (Å²) in [4.78, 5) is 0. The van der Waals surface area contributed by atoms with Crippen molar-refractivity contribution in [2.45, 2.75) is 18.9 Å². The van der Waals surface area contributed by atoms with Gasteiger partial charge in [0.2, 0.25) is 0 Å². The Kier molecular flexibility index (Phi) is 4.34. The Hall–Kier alpha value is -1.13. The normalized spacial score (nSPS) is 19.5. The highest BCUT2D eigenvalue weighted by molar-refractivity contribution is 5.29. The average molecular weight is 238 g/mol. The molecule has 2 N–H and O–H groups in total. The number of ether oxygens (including phenoxy) is 1. The predicted molar refractivity (Wildman–Crippen MR) is 65.9 cm³/mol. The fourth-order valence-corrected chi connectivity index (χ4v) is 2.11. The molecule has 0 amide bonds.